The average Bonchev–Trinajstić information content (AvgIpc) is 2.79. The number of aryl methyl sites for hydroxylation is 2. The number of benzene rings is 3. The van der Waals surface area contributed by atoms with Crippen molar-refractivity contribution in [3.63, 3.8) is 0 Å². The summed E-state index contributed by atoms with van der Waals surface area (Å²) < 4.78 is 5.22. The van der Waals surface area contributed by atoms with E-state index in [4.69, 9.17) is 9.73 Å². The molecule has 0 radical (unpaired) electrons. The number of aliphatic imine (C=N–C) groups is 1. The van der Waals surface area contributed by atoms with Gasteiger partial charge < -0.3 is 4.74 Å². The SMILES string of the molecule is COc1ccc(CSC=CC(=Nc2ccc(C)cc2)SCCc2ccccc2)cc1. The Morgan fingerprint density at radius 1 is 0.900 bits per heavy atom. The van der Waals surface area contributed by atoms with E-state index in [1.807, 2.05) is 12.1 Å². The summed E-state index contributed by atoms with van der Waals surface area (Å²) >= 11 is 3.58. The van der Waals surface area contributed by atoms with Gasteiger partial charge in [-0.05, 0) is 60.2 Å². The van der Waals surface area contributed by atoms with Crippen LogP contribution in [0.15, 0.2) is 95.3 Å². The minimum absolute atomic E-state index is 0.890. The van der Waals surface area contributed by atoms with Crippen molar-refractivity contribution in [3.05, 3.63) is 107 Å². The molecule has 0 atom stereocenters. The molecule has 0 heterocycles. The van der Waals surface area contributed by atoms with Crippen LogP contribution in [0.3, 0.4) is 0 Å². The van der Waals surface area contributed by atoms with Crippen LogP contribution in [0.1, 0.15) is 16.7 Å². The van der Waals surface area contributed by atoms with Crippen LogP contribution in [-0.4, -0.2) is 17.9 Å². The molecule has 3 rings (SSSR count). The zero-order valence-electron chi connectivity index (χ0n) is 17.5. The standard InChI is InChI=1S/C26H27NOS2/c1-21-8-12-24(13-9-21)27-26(30-19-16-22-6-4-3-5-7-22)17-18-29-20-23-10-14-25(28-2)15-11-23/h3-15,17-18H,16,19-20H2,1-2H3. The van der Waals surface area contributed by atoms with E-state index >= 15 is 0 Å². The fraction of sp³-hybridized carbons (Fsp3) is 0.192. The van der Waals surface area contributed by atoms with Crippen molar-refractivity contribution < 1.29 is 4.74 Å². The second-order valence-electron chi connectivity index (χ2n) is 6.83. The van der Waals surface area contributed by atoms with Gasteiger partial charge in [0.1, 0.15) is 5.75 Å². The summed E-state index contributed by atoms with van der Waals surface area (Å²) in [6.07, 6.45) is 3.16. The molecule has 4 heteroatoms. The second-order valence-corrected chi connectivity index (χ2v) is 8.84. The minimum atomic E-state index is 0.890. The third-order valence-corrected chi connectivity index (χ3v) is 6.23. The van der Waals surface area contributed by atoms with E-state index in [0.717, 1.165) is 34.4 Å². The molecule has 2 nitrogen and oxygen atoms in total. The molecule has 0 spiro atoms. The smallest absolute Gasteiger partial charge is 0.118 e. The monoisotopic (exact) mass is 433 g/mol. The lowest BCUT2D eigenvalue weighted by Gasteiger charge is -2.04. The molecular weight excluding hydrogens is 406 g/mol. The highest BCUT2D eigenvalue weighted by atomic mass is 32.2. The second kappa shape index (κ2) is 12.3. The first-order chi connectivity index (χ1) is 14.7. The Morgan fingerprint density at radius 3 is 2.33 bits per heavy atom. The molecule has 30 heavy (non-hydrogen) atoms. The number of nitrogens with zero attached hydrogens (tertiary/aromatic N) is 1. The van der Waals surface area contributed by atoms with Crippen molar-refractivity contribution in [1.29, 1.82) is 0 Å². The van der Waals surface area contributed by atoms with Gasteiger partial charge in [-0.15, -0.1) is 23.5 Å². The maximum atomic E-state index is 5.22. The topological polar surface area (TPSA) is 21.6 Å². The van der Waals surface area contributed by atoms with Crippen LogP contribution >= 0.6 is 23.5 Å². The molecule has 0 aliphatic rings. The quantitative estimate of drug-likeness (QED) is 0.258. The van der Waals surface area contributed by atoms with Gasteiger partial charge in [-0.2, -0.15) is 0 Å². The maximum Gasteiger partial charge on any atom is 0.118 e. The van der Waals surface area contributed by atoms with Gasteiger partial charge in [0.05, 0.1) is 17.8 Å². The Bertz CT molecular complexity index is 949. The molecule has 3 aromatic carbocycles. The zero-order chi connectivity index (χ0) is 21.0. The first kappa shape index (κ1) is 22.3. The van der Waals surface area contributed by atoms with E-state index in [1.165, 1.54) is 16.7 Å². The van der Waals surface area contributed by atoms with Crippen LogP contribution in [0.2, 0.25) is 0 Å². The Hall–Kier alpha value is -2.43. The van der Waals surface area contributed by atoms with E-state index in [2.05, 4.69) is 85.1 Å². The molecule has 0 aliphatic carbocycles. The number of ether oxygens (including phenoxy) is 1. The van der Waals surface area contributed by atoms with Crippen LogP contribution in [0, 0.1) is 6.92 Å². The van der Waals surface area contributed by atoms with Crippen LogP contribution in [-0.2, 0) is 12.2 Å². The Labute approximate surface area is 188 Å². The maximum absolute atomic E-state index is 5.22. The van der Waals surface area contributed by atoms with Crippen LogP contribution in [0.4, 0.5) is 5.69 Å². The van der Waals surface area contributed by atoms with Crippen LogP contribution in [0.5, 0.6) is 5.75 Å². The molecule has 0 saturated carbocycles. The minimum Gasteiger partial charge on any atom is -0.497 e. The van der Waals surface area contributed by atoms with Gasteiger partial charge in [0.25, 0.3) is 0 Å². The molecule has 0 bridgehead atoms. The van der Waals surface area contributed by atoms with E-state index in [0.29, 0.717) is 0 Å². The van der Waals surface area contributed by atoms with Gasteiger partial charge in [0.2, 0.25) is 0 Å². The fourth-order valence-corrected chi connectivity index (χ4v) is 4.43. The Morgan fingerprint density at radius 2 is 1.63 bits per heavy atom. The van der Waals surface area contributed by atoms with Gasteiger partial charge >= 0.3 is 0 Å². The van der Waals surface area contributed by atoms with E-state index < -0.39 is 0 Å². The third kappa shape index (κ3) is 7.77. The molecule has 154 valence electrons. The van der Waals surface area contributed by atoms with Gasteiger partial charge in [-0.3, -0.25) is 0 Å². The lowest BCUT2D eigenvalue weighted by molar-refractivity contribution is 0.414. The first-order valence-electron chi connectivity index (χ1n) is 9.96. The van der Waals surface area contributed by atoms with Crippen LogP contribution < -0.4 is 4.74 Å². The van der Waals surface area contributed by atoms with E-state index in [9.17, 15) is 0 Å². The molecule has 0 aromatic heterocycles. The van der Waals surface area contributed by atoms with Crippen molar-refractivity contribution in [2.24, 2.45) is 4.99 Å². The lowest BCUT2D eigenvalue weighted by Crippen LogP contribution is -1.93. The molecule has 0 amide bonds. The van der Waals surface area contributed by atoms with Crippen LogP contribution in [0.25, 0.3) is 0 Å². The Kier molecular flexibility index (Phi) is 9.13. The third-order valence-electron chi connectivity index (χ3n) is 4.47. The predicted octanol–water partition coefficient (Wildman–Crippen LogP) is 7.46. The van der Waals surface area contributed by atoms with Gasteiger partial charge in [-0.25, -0.2) is 4.99 Å². The fourth-order valence-electron chi connectivity index (χ4n) is 2.75. The van der Waals surface area contributed by atoms with E-state index in [-0.39, 0.29) is 0 Å². The number of hydrogen-bond acceptors (Lipinski definition) is 4. The van der Waals surface area contributed by atoms with Gasteiger partial charge in [0.15, 0.2) is 0 Å². The molecular formula is C26H27NOS2. The normalized spacial score (nSPS) is 11.7. The van der Waals surface area contributed by atoms with Gasteiger partial charge in [0, 0.05) is 11.5 Å². The van der Waals surface area contributed by atoms with Crippen molar-refractivity contribution in [1.82, 2.24) is 0 Å². The van der Waals surface area contributed by atoms with Crippen molar-refractivity contribution in [2.45, 2.75) is 19.1 Å². The van der Waals surface area contributed by atoms with E-state index in [1.54, 1.807) is 30.6 Å². The molecule has 0 aliphatic heterocycles. The summed E-state index contributed by atoms with van der Waals surface area (Å²) in [6.45, 7) is 2.10. The highest BCUT2D eigenvalue weighted by Crippen LogP contribution is 2.21. The molecule has 0 saturated heterocycles. The molecule has 0 fully saturated rings. The first-order valence-corrected chi connectivity index (χ1v) is 12.0. The highest BCUT2D eigenvalue weighted by Gasteiger charge is 2.00. The average molecular weight is 434 g/mol. The van der Waals surface area contributed by atoms with Gasteiger partial charge in [-0.1, -0.05) is 60.2 Å². The number of rotatable bonds is 9. The predicted molar refractivity (Wildman–Crippen MR) is 134 cm³/mol. The summed E-state index contributed by atoms with van der Waals surface area (Å²) in [5.41, 5.74) is 4.88. The molecule has 0 unspecified atom stereocenters. The van der Waals surface area contributed by atoms with Crippen molar-refractivity contribution in [3.8, 4) is 5.75 Å². The molecule has 3 aromatic rings. The largest absolute Gasteiger partial charge is 0.497 e. The number of methoxy groups -OCH3 is 1. The molecule has 0 N–H and O–H groups in total. The summed E-state index contributed by atoms with van der Waals surface area (Å²) in [7, 11) is 1.69. The van der Waals surface area contributed by atoms with Crippen molar-refractivity contribution in [2.75, 3.05) is 12.9 Å². The van der Waals surface area contributed by atoms with Crippen molar-refractivity contribution >= 4 is 34.3 Å². The highest BCUT2D eigenvalue weighted by molar-refractivity contribution is 8.14. The summed E-state index contributed by atoms with van der Waals surface area (Å²) in [6, 6.07) is 27.2. The Balaban J connectivity index is 1.60. The lowest BCUT2D eigenvalue weighted by atomic mass is 10.2. The number of hydrogen-bond donors (Lipinski definition) is 0. The summed E-state index contributed by atoms with van der Waals surface area (Å²) in [5, 5.41) is 3.18. The summed E-state index contributed by atoms with van der Waals surface area (Å²) in [4.78, 5) is 4.86. The zero-order valence-corrected chi connectivity index (χ0v) is 19.1. The summed E-state index contributed by atoms with van der Waals surface area (Å²) in [5.74, 6) is 2.82. The number of thioether (sulfide) groups is 2.